The van der Waals surface area contributed by atoms with E-state index in [-0.39, 0.29) is 5.91 Å². The summed E-state index contributed by atoms with van der Waals surface area (Å²) in [5, 5.41) is 2.73. The molecule has 1 rings (SSSR count). The number of carbonyl (C=O) groups excluding carboxylic acids is 1. The molecular formula is C11H15BrN2OS. The van der Waals surface area contributed by atoms with Crippen molar-refractivity contribution in [2.24, 2.45) is 0 Å². The molecule has 1 aromatic carbocycles. The van der Waals surface area contributed by atoms with Crippen molar-refractivity contribution in [3.05, 3.63) is 28.2 Å². The molecule has 0 aromatic heterocycles. The third kappa shape index (κ3) is 5.01. The van der Waals surface area contributed by atoms with Crippen LogP contribution in [0.5, 0.6) is 0 Å². The van der Waals surface area contributed by atoms with Crippen molar-refractivity contribution in [2.45, 2.75) is 18.7 Å². The van der Waals surface area contributed by atoms with Crippen LogP contribution in [0.2, 0.25) is 0 Å². The Kier molecular flexibility index (Phi) is 5.87. The number of carbonyl (C=O) groups is 1. The van der Waals surface area contributed by atoms with Crippen molar-refractivity contribution < 1.29 is 4.79 Å². The fourth-order valence-electron chi connectivity index (χ4n) is 1.10. The predicted octanol–water partition coefficient (Wildman–Crippen LogP) is 2.49. The van der Waals surface area contributed by atoms with Crippen LogP contribution in [0.25, 0.3) is 0 Å². The average molecular weight is 303 g/mol. The van der Waals surface area contributed by atoms with Crippen LogP contribution in [0.3, 0.4) is 0 Å². The lowest BCUT2D eigenvalue weighted by atomic mass is 10.2. The molecule has 0 heterocycles. The van der Waals surface area contributed by atoms with Crippen LogP contribution in [-0.2, 0) is 4.79 Å². The van der Waals surface area contributed by atoms with Crippen molar-refractivity contribution in [3.63, 3.8) is 0 Å². The fraction of sp³-hybridized carbons (Fsp3) is 0.364. The van der Waals surface area contributed by atoms with Gasteiger partial charge in [0.2, 0.25) is 5.91 Å². The second-order valence-electron chi connectivity index (χ2n) is 3.39. The number of rotatable bonds is 5. The van der Waals surface area contributed by atoms with E-state index in [0.29, 0.717) is 6.54 Å². The number of benzene rings is 1. The summed E-state index contributed by atoms with van der Waals surface area (Å²) in [4.78, 5) is 11.8. The Hall–Kier alpha value is -0.520. The van der Waals surface area contributed by atoms with Crippen LogP contribution in [0.15, 0.2) is 27.6 Å². The monoisotopic (exact) mass is 302 g/mol. The van der Waals surface area contributed by atoms with Gasteiger partial charge in [-0.05, 0) is 42.6 Å². The summed E-state index contributed by atoms with van der Waals surface area (Å²) in [6.45, 7) is 4.98. The number of halogens is 1. The van der Waals surface area contributed by atoms with E-state index in [2.05, 4.69) is 39.0 Å². The smallest absolute Gasteiger partial charge is 0.216 e. The zero-order valence-corrected chi connectivity index (χ0v) is 11.7. The van der Waals surface area contributed by atoms with Gasteiger partial charge in [-0.1, -0.05) is 15.9 Å². The van der Waals surface area contributed by atoms with Crippen LogP contribution in [0.1, 0.15) is 12.5 Å². The summed E-state index contributed by atoms with van der Waals surface area (Å²) < 4.78 is 4.31. The van der Waals surface area contributed by atoms with E-state index < -0.39 is 0 Å². The molecule has 88 valence electrons. The summed E-state index contributed by atoms with van der Waals surface area (Å²) in [7, 11) is 0. The molecule has 0 fully saturated rings. The molecule has 5 heteroatoms. The minimum Gasteiger partial charge on any atom is -0.355 e. The van der Waals surface area contributed by atoms with E-state index in [4.69, 9.17) is 0 Å². The molecule has 0 atom stereocenters. The summed E-state index contributed by atoms with van der Waals surface area (Å²) in [6, 6.07) is 6.19. The Morgan fingerprint density at radius 2 is 2.19 bits per heavy atom. The maximum atomic E-state index is 10.6. The molecule has 0 unspecified atom stereocenters. The third-order valence-corrected chi connectivity index (χ3v) is 3.65. The lowest BCUT2D eigenvalue weighted by Gasteiger charge is -2.06. The lowest BCUT2D eigenvalue weighted by molar-refractivity contribution is -0.118. The predicted molar refractivity (Wildman–Crippen MR) is 71.4 cm³/mol. The van der Waals surface area contributed by atoms with Crippen LogP contribution in [-0.4, -0.2) is 19.0 Å². The fourth-order valence-corrected chi connectivity index (χ4v) is 2.09. The molecule has 3 nitrogen and oxygen atoms in total. The number of hydrogen-bond acceptors (Lipinski definition) is 3. The van der Waals surface area contributed by atoms with Gasteiger partial charge >= 0.3 is 0 Å². The first-order chi connectivity index (χ1) is 7.59. The van der Waals surface area contributed by atoms with E-state index in [1.165, 1.54) is 17.4 Å². The number of hydrogen-bond donors (Lipinski definition) is 2. The Bertz CT molecular complexity index is 371. The lowest BCUT2D eigenvalue weighted by Crippen LogP contribution is -2.27. The first-order valence-electron chi connectivity index (χ1n) is 5.00. The number of nitrogens with one attached hydrogen (secondary N) is 2. The summed E-state index contributed by atoms with van der Waals surface area (Å²) in [6.07, 6.45) is 0. The van der Waals surface area contributed by atoms with Crippen molar-refractivity contribution in [3.8, 4) is 0 Å². The highest BCUT2D eigenvalue weighted by molar-refractivity contribution is 9.10. The van der Waals surface area contributed by atoms with Gasteiger partial charge in [0, 0.05) is 29.4 Å². The zero-order chi connectivity index (χ0) is 12.0. The van der Waals surface area contributed by atoms with E-state index in [1.807, 2.05) is 12.1 Å². The van der Waals surface area contributed by atoms with Gasteiger partial charge in [-0.25, -0.2) is 0 Å². The molecule has 1 amide bonds. The van der Waals surface area contributed by atoms with Crippen molar-refractivity contribution in [2.75, 3.05) is 13.1 Å². The van der Waals surface area contributed by atoms with Gasteiger partial charge in [0.25, 0.3) is 0 Å². The largest absolute Gasteiger partial charge is 0.355 e. The Balaban J connectivity index is 2.27. The molecule has 0 saturated carbocycles. The standard InChI is InChI=1S/C11H15BrN2OS/c1-8-7-10(3-4-11(8)12)16-14-6-5-13-9(2)15/h3-4,7,14H,5-6H2,1-2H3,(H,13,15). The van der Waals surface area contributed by atoms with Gasteiger partial charge < -0.3 is 5.32 Å². The highest BCUT2D eigenvalue weighted by Gasteiger charge is 1.98. The van der Waals surface area contributed by atoms with Crippen molar-refractivity contribution in [1.29, 1.82) is 0 Å². The minimum atomic E-state index is 0.00582. The van der Waals surface area contributed by atoms with Gasteiger partial charge in [0.15, 0.2) is 0 Å². The third-order valence-electron chi connectivity index (χ3n) is 1.92. The molecule has 0 saturated heterocycles. The van der Waals surface area contributed by atoms with Gasteiger partial charge in [0.05, 0.1) is 0 Å². The molecule has 0 radical (unpaired) electrons. The molecule has 16 heavy (non-hydrogen) atoms. The Labute approximate surface area is 109 Å². The maximum absolute atomic E-state index is 10.6. The van der Waals surface area contributed by atoms with Crippen LogP contribution in [0, 0.1) is 6.92 Å². The molecule has 0 spiro atoms. The van der Waals surface area contributed by atoms with Crippen molar-refractivity contribution >= 4 is 33.8 Å². The number of amides is 1. The Morgan fingerprint density at radius 3 is 2.81 bits per heavy atom. The van der Waals surface area contributed by atoms with E-state index in [1.54, 1.807) is 11.9 Å². The molecular weight excluding hydrogens is 288 g/mol. The Morgan fingerprint density at radius 1 is 1.44 bits per heavy atom. The summed E-state index contributed by atoms with van der Waals surface area (Å²) >= 11 is 5.03. The van der Waals surface area contributed by atoms with Crippen LogP contribution >= 0.6 is 27.9 Å². The number of aryl methyl sites for hydroxylation is 1. The second-order valence-corrected chi connectivity index (χ2v) is 5.21. The van der Waals surface area contributed by atoms with Gasteiger partial charge in [-0.3, -0.25) is 9.52 Å². The maximum Gasteiger partial charge on any atom is 0.216 e. The van der Waals surface area contributed by atoms with E-state index in [9.17, 15) is 4.79 Å². The summed E-state index contributed by atoms with van der Waals surface area (Å²) in [5.74, 6) is 0.00582. The van der Waals surface area contributed by atoms with Crippen LogP contribution in [0.4, 0.5) is 0 Å². The zero-order valence-electron chi connectivity index (χ0n) is 9.34. The van der Waals surface area contributed by atoms with E-state index in [0.717, 1.165) is 11.0 Å². The molecule has 1 aromatic rings. The van der Waals surface area contributed by atoms with Crippen molar-refractivity contribution in [1.82, 2.24) is 10.0 Å². The molecule has 0 aliphatic carbocycles. The first kappa shape index (κ1) is 13.5. The SMILES string of the molecule is CC(=O)NCCNSc1ccc(Br)c(C)c1. The van der Waals surface area contributed by atoms with Gasteiger partial charge in [-0.2, -0.15) is 0 Å². The molecule has 0 aliphatic rings. The highest BCUT2D eigenvalue weighted by atomic mass is 79.9. The van der Waals surface area contributed by atoms with E-state index >= 15 is 0 Å². The van der Waals surface area contributed by atoms with Gasteiger partial charge in [-0.15, -0.1) is 0 Å². The van der Waals surface area contributed by atoms with Crippen LogP contribution < -0.4 is 10.0 Å². The second kappa shape index (κ2) is 6.93. The quantitative estimate of drug-likeness (QED) is 0.648. The van der Waals surface area contributed by atoms with Gasteiger partial charge in [0.1, 0.15) is 0 Å². The molecule has 0 bridgehead atoms. The first-order valence-corrected chi connectivity index (χ1v) is 6.61. The molecule has 2 N–H and O–H groups in total. The normalized spacial score (nSPS) is 10.2. The minimum absolute atomic E-state index is 0.00582. The average Bonchev–Trinajstić information content (AvgIpc) is 2.22. The topological polar surface area (TPSA) is 41.1 Å². The highest BCUT2D eigenvalue weighted by Crippen LogP contribution is 2.22. The molecule has 0 aliphatic heterocycles. The summed E-state index contributed by atoms with van der Waals surface area (Å²) in [5.41, 5.74) is 1.22.